The number of esters is 1. The van der Waals surface area contributed by atoms with E-state index in [-0.39, 0.29) is 12.4 Å². The standard InChI is InChI=1S/C11H18O2/c1-7-11(5,6)8-9(12)13-10(2,3)4/h1H,8H2,2-6H3. The zero-order valence-corrected chi connectivity index (χ0v) is 9.10. The highest BCUT2D eigenvalue weighted by atomic mass is 16.6. The molecule has 0 aromatic carbocycles. The summed E-state index contributed by atoms with van der Waals surface area (Å²) in [4.78, 5) is 11.3. The fourth-order valence-corrected chi connectivity index (χ4v) is 0.789. The van der Waals surface area contributed by atoms with Crippen molar-refractivity contribution in [2.45, 2.75) is 46.6 Å². The lowest BCUT2D eigenvalue weighted by Gasteiger charge is -2.22. The van der Waals surface area contributed by atoms with Gasteiger partial charge in [0.15, 0.2) is 0 Å². The van der Waals surface area contributed by atoms with Gasteiger partial charge in [-0.3, -0.25) is 4.79 Å². The zero-order valence-electron chi connectivity index (χ0n) is 9.10. The lowest BCUT2D eigenvalue weighted by molar-refractivity contribution is -0.156. The van der Waals surface area contributed by atoms with E-state index in [1.54, 1.807) is 0 Å². The van der Waals surface area contributed by atoms with Gasteiger partial charge in [0.25, 0.3) is 0 Å². The average molecular weight is 182 g/mol. The molecular formula is C11H18O2. The van der Waals surface area contributed by atoms with Crippen LogP contribution in [-0.4, -0.2) is 11.6 Å². The van der Waals surface area contributed by atoms with Crippen LogP contribution in [0.5, 0.6) is 0 Å². The van der Waals surface area contributed by atoms with Gasteiger partial charge in [-0.1, -0.05) is 5.92 Å². The Labute approximate surface area is 80.7 Å². The van der Waals surface area contributed by atoms with Gasteiger partial charge in [0.1, 0.15) is 5.60 Å². The van der Waals surface area contributed by atoms with E-state index in [1.807, 2.05) is 34.6 Å². The second-order valence-corrected chi connectivity index (χ2v) is 4.79. The summed E-state index contributed by atoms with van der Waals surface area (Å²) in [5.41, 5.74) is -0.843. The highest BCUT2D eigenvalue weighted by Crippen LogP contribution is 2.21. The monoisotopic (exact) mass is 182 g/mol. The summed E-state index contributed by atoms with van der Waals surface area (Å²) in [6, 6.07) is 0. The molecule has 0 N–H and O–H groups in total. The lowest BCUT2D eigenvalue weighted by Crippen LogP contribution is -2.27. The van der Waals surface area contributed by atoms with Crippen molar-refractivity contribution in [2.24, 2.45) is 5.41 Å². The molecule has 0 saturated heterocycles. The molecule has 0 aliphatic carbocycles. The molecule has 0 saturated carbocycles. The Balaban J connectivity index is 4.13. The Hall–Kier alpha value is -0.970. The molecule has 0 radical (unpaired) electrons. The van der Waals surface area contributed by atoms with Gasteiger partial charge in [-0.2, -0.15) is 0 Å². The molecule has 0 amide bonds. The van der Waals surface area contributed by atoms with Crippen molar-refractivity contribution in [1.29, 1.82) is 0 Å². The van der Waals surface area contributed by atoms with Crippen LogP contribution < -0.4 is 0 Å². The Morgan fingerprint density at radius 2 is 1.77 bits per heavy atom. The molecule has 0 heterocycles. The topological polar surface area (TPSA) is 26.3 Å². The number of hydrogen-bond acceptors (Lipinski definition) is 2. The van der Waals surface area contributed by atoms with E-state index in [0.29, 0.717) is 0 Å². The lowest BCUT2D eigenvalue weighted by atomic mass is 9.91. The molecule has 74 valence electrons. The first-order valence-electron chi connectivity index (χ1n) is 4.36. The summed E-state index contributed by atoms with van der Waals surface area (Å²) >= 11 is 0. The zero-order chi connectivity index (χ0) is 10.7. The predicted octanol–water partition coefficient (Wildman–Crippen LogP) is 2.38. The Morgan fingerprint density at radius 1 is 1.31 bits per heavy atom. The molecular weight excluding hydrogens is 164 g/mol. The fraction of sp³-hybridized carbons (Fsp3) is 0.727. The van der Waals surface area contributed by atoms with Crippen molar-refractivity contribution in [3.05, 3.63) is 0 Å². The van der Waals surface area contributed by atoms with E-state index in [9.17, 15) is 4.79 Å². The maximum absolute atomic E-state index is 11.3. The highest BCUT2D eigenvalue weighted by molar-refractivity contribution is 5.71. The summed E-state index contributed by atoms with van der Waals surface area (Å²) in [5, 5.41) is 0. The Bertz CT molecular complexity index is 225. The largest absolute Gasteiger partial charge is 0.460 e. The summed E-state index contributed by atoms with van der Waals surface area (Å²) in [5.74, 6) is 2.32. The maximum Gasteiger partial charge on any atom is 0.307 e. The minimum atomic E-state index is -0.429. The molecule has 0 unspecified atom stereocenters. The van der Waals surface area contributed by atoms with Gasteiger partial charge in [0.2, 0.25) is 0 Å². The van der Waals surface area contributed by atoms with Crippen LogP contribution in [0, 0.1) is 17.8 Å². The quantitative estimate of drug-likeness (QED) is 0.484. The second-order valence-electron chi connectivity index (χ2n) is 4.79. The van der Waals surface area contributed by atoms with Crippen molar-refractivity contribution in [1.82, 2.24) is 0 Å². The number of terminal acetylenes is 1. The van der Waals surface area contributed by atoms with Gasteiger partial charge in [-0.15, -0.1) is 6.42 Å². The molecule has 0 bridgehead atoms. The predicted molar refractivity (Wildman–Crippen MR) is 53.1 cm³/mol. The minimum Gasteiger partial charge on any atom is -0.460 e. The average Bonchev–Trinajstić information content (AvgIpc) is 1.81. The molecule has 2 heteroatoms. The van der Waals surface area contributed by atoms with Crippen LogP contribution in [0.1, 0.15) is 41.0 Å². The number of carbonyl (C=O) groups is 1. The Morgan fingerprint density at radius 3 is 2.08 bits per heavy atom. The van der Waals surface area contributed by atoms with Gasteiger partial charge in [0.05, 0.1) is 6.42 Å². The van der Waals surface area contributed by atoms with Crippen LogP contribution in [-0.2, 0) is 9.53 Å². The van der Waals surface area contributed by atoms with Crippen molar-refractivity contribution < 1.29 is 9.53 Å². The molecule has 0 aliphatic heterocycles. The van der Waals surface area contributed by atoms with Crippen molar-refractivity contribution in [2.75, 3.05) is 0 Å². The molecule has 0 aromatic rings. The molecule has 13 heavy (non-hydrogen) atoms. The van der Waals surface area contributed by atoms with Crippen LogP contribution in [0.3, 0.4) is 0 Å². The SMILES string of the molecule is C#CC(C)(C)CC(=O)OC(C)(C)C. The Kier molecular flexibility index (Phi) is 3.54. The van der Waals surface area contributed by atoms with Crippen molar-refractivity contribution >= 4 is 5.97 Å². The third-order valence-corrected chi connectivity index (χ3v) is 1.40. The van der Waals surface area contributed by atoms with Crippen LogP contribution in [0.2, 0.25) is 0 Å². The van der Waals surface area contributed by atoms with Gasteiger partial charge < -0.3 is 4.74 Å². The van der Waals surface area contributed by atoms with E-state index in [1.165, 1.54) is 0 Å². The van der Waals surface area contributed by atoms with E-state index in [2.05, 4.69) is 5.92 Å². The summed E-state index contributed by atoms with van der Waals surface area (Å²) in [7, 11) is 0. The first-order chi connectivity index (χ1) is 5.66. The van der Waals surface area contributed by atoms with Gasteiger partial charge in [0, 0.05) is 5.41 Å². The first-order valence-corrected chi connectivity index (χ1v) is 4.36. The van der Waals surface area contributed by atoms with E-state index in [0.717, 1.165) is 0 Å². The highest BCUT2D eigenvalue weighted by Gasteiger charge is 2.23. The third kappa shape index (κ3) is 6.21. The number of rotatable bonds is 2. The molecule has 0 atom stereocenters. The fourth-order valence-electron chi connectivity index (χ4n) is 0.789. The molecule has 0 spiro atoms. The molecule has 0 fully saturated rings. The molecule has 0 aliphatic rings. The van der Waals surface area contributed by atoms with Crippen molar-refractivity contribution in [3.63, 3.8) is 0 Å². The van der Waals surface area contributed by atoms with E-state index >= 15 is 0 Å². The molecule has 0 rings (SSSR count). The second kappa shape index (κ2) is 3.83. The maximum atomic E-state index is 11.3. The molecule has 2 nitrogen and oxygen atoms in total. The van der Waals surface area contributed by atoms with Crippen LogP contribution in [0.15, 0.2) is 0 Å². The third-order valence-electron chi connectivity index (χ3n) is 1.40. The minimum absolute atomic E-state index is 0.240. The van der Waals surface area contributed by atoms with Gasteiger partial charge >= 0.3 is 5.97 Å². The van der Waals surface area contributed by atoms with E-state index in [4.69, 9.17) is 11.2 Å². The van der Waals surface area contributed by atoms with Gasteiger partial charge in [-0.25, -0.2) is 0 Å². The van der Waals surface area contributed by atoms with Crippen LogP contribution in [0.4, 0.5) is 0 Å². The normalized spacial score (nSPS) is 12.0. The summed E-state index contributed by atoms with van der Waals surface area (Å²) in [6.45, 7) is 9.21. The smallest absolute Gasteiger partial charge is 0.307 e. The number of carbonyl (C=O) groups excluding carboxylic acids is 1. The van der Waals surface area contributed by atoms with Gasteiger partial charge in [-0.05, 0) is 34.6 Å². The van der Waals surface area contributed by atoms with Crippen LogP contribution in [0.25, 0.3) is 0 Å². The first kappa shape index (κ1) is 12.0. The summed E-state index contributed by atoms with van der Waals surface area (Å²) < 4.78 is 5.14. The number of hydrogen-bond donors (Lipinski definition) is 0. The van der Waals surface area contributed by atoms with E-state index < -0.39 is 11.0 Å². The van der Waals surface area contributed by atoms with Crippen molar-refractivity contribution in [3.8, 4) is 12.3 Å². The van der Waals surface area contributed by atoms with Crippen LogP contribution >= 0.6 is 0 Å². The molecule has 0 aromatic heterocycles. The number of ether oxygens (including phenoxy) is 1. The summed E-state index contributed by atoms with van der Waals surface area (Å²) in [6.07, 6.45) is 5.53.